The summed E-state index contributed by atoms with van der Waals surface area (Å²) < 4.78 is 6.54. The molecule has 3 heterocycles. The fourth-order valence-electron chi connectivity index (χ4n) is 2.73. The molecule has 0 saturated heterocycles. The van der Waals surface area contributed by atoms with Gasteiger partial charge in [0, 0.05) is 28.9 Å². The first-order valence-electron chi connectivity index (χ1n) is 7.71. The van der Waals surface area contributed by atoms with E-state index in [4.69, 9.17) is 4.74 Å². The highest BCUT2D eigenvalue weighted by molar-refractivity contribution is 6.05. The maximum Gasteiger partial charge on any atom is 0.298 e. The molecule has 0 aliphatic heterocycles. The molecule has 0 radical (unpaired) electrons. The number of benzene rings is 1. The van der Waals surface area contributed by atoms with Crippen molar-refractivity contribution < 1.29 is 4.74 Å². The standard InChI is InChI=1S/C18H15N5O2/c1-11-21-16-14-8-13(25-2)5-6-15(14)22-17(16)18(24)23(11)20-10-12-4-3-7-19-9-12/h3-10,22H,1-2H3. The van der Waals surface area contributed by atoms with Crippen LogP contribution in [0.4, 0.5) is 0 Å². The van der Waals surface area contributed by atoms with Crippen LogP contribution in [0.15, 0.2) is 52.6 Å². The van der Waals surface area contributed by atoms with Crippen LogP contribution in [0.5, 0.6) is 5.75 Å². The van der Waals surface area contributed by atoms with E-state index in [2.05, 4.69) is 20.1 Å². The molecule has 0 bridgehead atoms. The number of rotatable bonds is 3. The van der Waals surface area contributed by atoms with Gasteiger partial charge in [-0.3, -0.25) is 9.78 Å². The Labute approximate surface area is 142 Å². The van der Waals surface area contributed by atoms with Crippen molar-refractivity contribution in [2.75, 3.05) is 7.11 Å². The number of hydrogen-bond acceptors (Lipinski definition) is 5. The van der Waals surface area contributed by atoms with E-state index in [1.54, 1.807) is 32.6 Å². The second kappa shape index (κ2) is 5.86. The Morgan fingerprint density at radius 2 is 2.20 bits per heavy atom. The Hall–Kier alpha value is -3.48. The number of fused-ring (bicyclic) bond motifs is 3. The molecule has 0 aliphatic carbocycles. The first-order chi connectivity index (χ1) is 12.2. The van der Waals surface area contributed by atoms with Crippen LogP contribution in [0.25, 0.3) is 21.9 Å². The lowest BCUT2D eigenvalue weighted by molar-refractivity contribution is 0.415. The first-order valence-corrected chi connectivity index (χ1v) is 7.71. The van der Waals surface area contributed by atoms with E-state index in [0.29, 0.717) is 22.6 Å². The quantitative estimate of drug-likeness (QED) is 0.584. The third-order valence-electron chi connectivity index (χ3n) is 3.97. The maximum atomic E-state index is 12.8. The Kier molecular flexibility index (Phi) is 3.53. The maximum absolute atomic E-state index is 12.8. The minimum Gasteiger partial charge on any atom is -0.497 e. The van der Waals surface area contributed by atoms with Gasteiger partial charge in [-0.15, -0.1) is 0 Å². The Morgan fingerprint density at radius 1 is 1.32 bits per heavy atom. The van der Waals surface area contributed by atoms with Gasteiger partial charge in [0.05, 0.1) is 13.3 Å². The molecule has 4 rings (SSSR count). The second-order valence-corrected chi connectivity index (χ2v) is 5.57. The lowest BCUT2D eigenvalue weighted by atomic mass is 10.2. The summed E-state index contributed by atoms with van der Waals surface area (Å²) in [6.45, 7) is 1.75. The number of H-pyrrole nitrogens is 1. The van der Waals surface area contributed by atoms with Gasteiger partial charge in [-0.2, -0.15) is 9.78 Å². The van der Waals surface area contributed by atoms with Crippen molar-refractivity contribution in [1.82, 2.24) is 19.6 Å². The van der Waals surface area contributed by atoms with E-state index < -0.39 is 0 Å². The molecular weight excluding hydrogens is 318 g/mol. The largest absolute Gasteiger partial charge is 0.497 e. The van der Waals surface area contributed by atoms with Gasteiger partial charge in [0.25, 0.3) is 5.56 Å². The first kappa shape index (κ1) is 15.1. The Balaban J connectivity index is 1.91. The predicted octanol–water partition coefficient (Wildman–Crippen LogP) is 2.47. The third kappa shape index (κ3) is 2.55. The number of hydrogen-bond donors (Lipinski definition) is 1. The summed E-state index contributed by atoms with van der Waals surface area (Å²) in [4.78, 5) is 24.5. The van der Waals surface area contributed by atoms with Crippen LogP contribution in [0.3, 0.4) is 0 Å². The highest BCUT2D eigenvalue weighted by atomic mass is 16.5. The molecule has 0 spiro atoms. The number of ether oxygens (including phenoxy) is 1. The molecular formula is C18H15N5O2. The molecule has 0 saturated carbocycles. The zero-order valence-corrected chi connectivity index (χ0v) is 13.7. The van der Waals surface area contributed by atoms with Gasteiger partial charge in [-0.05, 0) is 31.2 Å². The molecule has 7 nitrogen and oxygen atoms in total. The lowest BCUT2D eigenvalue weighted by Gasteiger charge is -2.03. The Morgan fingerprint density at radius 3 is 2.96 bits per heavy atom. The zero-order chi connectivity index (χ0) is 17.4. The predicted molar refractivity (Wildman–Crippen MR) is 96.4 cm³/mol. The van der Waals surface area contributed by atoms with Crippen LogP contribution in [-0.4, -0.2) is 33.0 Å². The van der Waals surface area contributed by atoms with E-state index in [-0.39, 0.29) is 5.56 Å². The summed E-state index contributed by atoms with van der Waals surface area (Å²) >= 11 is 0. The van der Waals surface area contributed by atoms with Gasteiger partial charge >= 0.3 is 0 Å². The highest BCUT2D eigenvalue weighted by Crippen LogP contribution is 2.26. The van der Waals surface area contributed by atoms with E-state index in [9.17, 15) is 4.79 Å². The van der Waals surface area contributed by atoms with E-state index in [0.717, 1.165) is 16.5 Å². The van der Waals surface area contributed by atoms with E-state index in [1.165, 1.54) is 4.68 Å². The molecule has 124 valence electrons. The minimum absolute atomic E-state index is 0.252. The smallest absolute Gasteiger partial charge is 0.298 e. The van der Waals surface area contributed by atoms with Gasteiger partial charge < -0.3 is 9.72 Å². The number of aromatic amines is 1. The van der Waals surface area contributed by atoms with Crippen LogP contribution in [-0.2, 0) is 0 Å². The molecule has 1 aromatic carbocycles. The van der Waals surface area contributed by atoms with Gasteiger partial charge in [-0.25, -0.2) is 4.98 Å². The van der Waals surface area contributed by atoms with Crippen LogP contribution >= 0.6 is 0 Å². The molecule has 0 unspecified atom stereocenters. The minimum atomic E-state index is -0.252. The zero-order valence-electron chi connectivity index (χ0n) is 13.7. The monoisotopic (exact) mass is 333 g/mol. The van der Waals surface area contributed by atoms with Gasteiger partial charge in [0.15, 0.2) is 0 Å². The molecule has 1 N–H and O–H groups in total. The van der Waals surface area contributed by atoms with Crippen molar-refractivity contribution >= 4 is 28.2 Å². The second-order valence-electron chi connectivity index (χ2n) is 5.57. The van der Waals surface area contributed by atoms with Crippen molar-refractivity contribution in [3.63, 3.8) is 0 Å². The number of nitrogens with one attached hydrogen (secondary N) is 1. The van der Waals surface area contributed by atoms with Gasteiger partial charge in [-0.1, -0.05) is 6.07 Å². The number of aromatic nitrogens is 4. The number of aryl methyl sites for hydroxylation is 1. The normalized spacial score (nSPS) is 11.6. The summed E-state index contributed by atoms with van der Waals surface area (Å²) in [5, 5.41) is 5.11. The van der Waals surface area contributed by atoms with Gasteiger partial charge in [0.1, 0.15) is 22.6 Å². The van der Waals surface area contributed by atoms with Crippen molar-refractivity contribution in [2.45, 2.75) is 6.92 Å². The van der Waals surface area contributed by atoms with Crippen molar-refractivity contribution in [2.24, 2.45) is 5.10 Å². The summed E-state index contributed by atoms with van der Waals surface area (Å²) in [7, 11) is 1.61. The van der Waals surface area contributed by atoms with E-state index >= 15 is 0 Å². The van der Waals surface area contributed by atoms with Crippen LogP contribution < -0.4 is 10.3 Å². The molecule has 0 fully saturated rings. The average molecular weight is 333 g/mol. The molecule has 0 amide bonds. The lowest BCUT2D eigenvalue weighted by Crippen LogP contribution is -2.20. The number of nitrogens with zero attached hydrogens (tertiary/aromatic N) is 4. The summed E-state index contributed by atoms with van der Waals surface area (Å²) in [5.41, 5.74) is 2.41. The average Bonchev–Trinajstić information content (AvgIpc) is 3.00. The van der Waals surface area contributed by atoms with Crippen LogP contribution in [0.2, 0.25) is 0 Å². The fourth-order valence-corrected chi connectivity index (χ4v) is 2.73. The SMILES string of the molecule is COc1ccc2[nH]c3c(=O)n(N=Cc4cccnc4)c(C)nc3c2c1. The molecule has 4 aromatic rings. The summed E-state index contributed by atoms with van der Waals surface area (Å²) in [6.07, 6.45) is 4.94. The Bertz CT molecular complexity index is 1160. The number of methoxy groups -OCH3 is 1. The highest BCUT2D eigenvalue weighted by Gasteiger charge is 2.13. The third-order valence-corrected chi connectivity index (χ3v) is 3.97. The summed E-state index contributed by atoms with van der Waals surface area (Å²) in [6, 6.07) is 9.24. The fraction of sp³-hybridized carbons (Fsp3) is 0.111. The van der Waals surface area contributed by atoms with Crippen molar-refractivity contribution in [3.05, 3.63) is 64.5 Å². The molecule has 0 aliphatic rings. The van der Waals surface area contributed by atoms with Crippen LogP contribution in [0, 0.1) is 6.92 Å². The topological polar surface area (TPSA) is 85.2 Å². The molecule has 0 atom stereocenters. The molecule has 7 heteroatoms. The van der Waals surface area contributed by atoms with Crippen LogP contribution in [0.1, 0.15) is 11.4 Å². The summed E-state index contributed by atoms with van der Waals surface area (Å²) in [5.74, 6) is 1.22. The van der Waals surface area contributed by atoms with Crippen molar-refractivity contribution in [3.8, 4) is 5.75 Å². The molecule has 25 heavy (non-hydrogen) atoms. The van der Waals surface area contributed by atoms with Crippen molar-refractivity contribution in [1.29, 1.82) is 0 Å². The molecule has 3 aromatic heterocycles. The van der Waals surface area contributed by atoms with E-state index in [1.807, 2.05) is 30.3 Å². The van der Waals surface area contributed by atoms with Gasteiger partial charge in [0.2, 0.25) is 0 Å². The number of pyridine rings is 1.